The predicted octanol–water partition coefficient (Wildman–Crippen LogP) is 4.20. The molecule has 7 heteroatoms. The molecule has 29 heavy (non-hydrogen) atoms. The van der Waals surface area contributed by atoms with Crippen LogP contribution in [0.1, 0.15) is 34.5 Å². The van der Waals surface area contributed by atoms with E-state index in [4.69, 9.17) is 16.7 Å². The van der Waals surface area contributed by atoms with Gasteiger partial charge in [0, 0.05) is 13.1 Å². The number of nitrogens with zero attached hydrogens (tertiary/aromatic N) is 4. The summed E-state index contributed by atoms with van der Waals surface area (Å²) in [6.45, 7) is 3.91. The van der Waals surface area contributed by atoms with Crippen molar-refractivity contribution in [1.29, 1.82) is 0 Å². The summed E-state index contributed by atoms with van der Waals surface area (Å²) in [4.78, 5) is 14.7. The predicted molar refractivity (Wildman–Crippen MR) is 116 cm³/mol. The quantitative estimate of drug-likeness (QED) is 0.509. The van der Waals surface area contributed by atoms with Crippen molar-refractivity contribution in [2.45, 2.75) is 19.8 Å². The molecular weight excluding hydrogens is 386 g/mol. The molecule has 1 amide bonds. The highest BCUT2D eigenvalue weighted by atomic mass is 35.5. The first-order valence-corrected chi connectivity index (χ1v) is 10.0. The van der Waals surface area contributed by atoms with Gasteiger partial charge in [0.1, 0.15) is 5.82 Å². The Morgan fingerprint density at radius 1 is 1.10 bits per heavy atom. The van der Waals surface area contributed by atoms with Crippen LogP contribution in [0.3, 0.4) is 0 Å². The van der Waals surface area contributed by atoms with Gasteiger partial charge in [-0.15, -0.1) is 0 Å². The minimum atomic E-state index is -0.345. The molecule has 1 N–H and O–H groups in total. The van der Waals surface area contributed by atoms with Gasteiger partial charge < -0.3 is 4.90 Å². The second-order valence-corrected chi connectivity index (χ2v) is 7.35. The molecule has 0 saturated carbocycles. The maximum atomic E-state index is 12.4. The number of amides is 1. The Bertz CT molecular complexity index is 1040. The van der Waals surface area contributed by atoms with Crippen LogP contribution in [0.2, 0.25) is 5.02 Å². The molecule has 0 bridgehead atoms. The highest BCUT2D eigenvalue weighted by Crippen LogP contribution is 2.29. The molecule has 0 radical (unpaired) electrons. The van der Waals surface area contributed by atoms with Crippen LogP contribution in [-0.2, 0) is 0 Å². The van der Waals surface area contributed by atoms with Crippen molar-refractivity contribution in [2.24, 2.45) is 5.10 Å². The van der Waals surface area contributed by atoms with Crippen LogP contribution in [0, 0.1) is 6.92 Å². The fourth-order valence-electron chi connectivity index (χ4n) is 3.52. The Morgan fingerprint density at radius 3 is 2.52 bits per heavy atom. The number of hydrazone groups is 1. The molecule has 2 aromatic carbocycles. The standard InChI is InChI=1S/C22H22ClN5O/c1-16-19(15-24-25-21(29)18-11-5-6-12-20(18)23)22(27-13-7-8-14-27)28(26-16)17-9-3-2-4-10-17/h2-6,9-12,15H,7-8,13-14H2,1H3,(H,25,29)/b24-15+. The molecule has 0 unspecified atom stereocenters. The molecule has 1 aliphatic heterocycles. The average molecular weight is 408 g/mol. The number of anilines is 1. The maximum absolute atomic E-state index is 12.4. The van der Waals surface area contributed by atoms with Crippen LogP contribution in [0.4, 0.5) is 5.82 Å². The van der Waals surface area contributed by atoms with Gasteiger partial charge in [-0.1, -0.05) is 41.9 Å². The third-order valence-electron chi connectivity index (χ3n) is 4.97. The highest BCUT2D eigenvalue weighted by molar-refractivity contribution is 6.33. The van der Waals surface area contributed by atoms with Crippen molar-refractivity contribution in [3.8, 4) is 5.69 Å². The normalized spacial score (nSPS) is 13.9. The first-order chi connectivity index (χ1) is 14.1. The number of carbonyl (C=O) groups excluding carboxylic acids is 1. The molecule has 0 atom stereocenters. The zero-order valence-electron chi connectivity index (χ0n) is 16.2. The number of halogens is 1. The first-order valence-electron chi connectivity index (χ1n) is 9.63. The number of benzene rings is 2. The lowest BCUT2D eigenvalue weighted by molar-refractivity contribution is 0.0955. The van der Waals surface area contributed by atoms with E-state index < -0.39 is 0 Å². The number of rotatable bonds is 5. The van der Waals surface area contributed by atoms with E-state index in [0.29, 0.717) is 10.6 Å². The molecule has 1 fully saturated rings. The summed E-state index contributed by atoms with van der Waals surface area (Å²) in [5, 5.41) is 9.34. The van der Waals surface area contributed by atoms with Crippen molar-refractivity contribution in [3.63, 3.8) is 0 Å². The third-order valence-corrected chi connectivity index (χ3v) is 5.30. The monoisotopic (exact) mass is 407 g/mol. The summed E-state index contributed by atoms with van der Waals surface area (Å²) < 4.78 is 1.96. The minimum Gasteiger partial charge on any atom is -0.356 e. The number of aromatic nitrogens is 2. The number of hydrogen-bond donors (Lipinski definition) is 1. The van der Waals surface area contributed by atoms with E-state index in [-0.39, 0.29) is 5.91 Å². The molecular formula is C22H22ClN5O. The van der Waals surface area contributed by atoms with Crippen molar-refractivity contribution in [2.75, 3.05) is 18.0 Å². The van der Waals surface area contributed by atoms with E-state index >= 15 is 0 Å². The summed E-state index contributed by atoms with van der Waals surface area (Å²) in [7, 11) is 0. The zero-order chi connectivity index (χ0) is 20.2. The van der Waals surface area contributed by atoms with Crippen LogP contribution in [0.5, 0.6) is 0 Å². The largest absolute Gasteiger partial charge is 0.356 e. The van der Waals surface area contributed by atoms with Crippen molar-refractivity contribution < 1.29 is 4.79 Å². The third kappa shape index (κ3) is 4.03. The fourth-order valence-corrected chi connectivity index (χ4v) is 3.74. The lowest BCUT2D eigenvalue weighted by atomic mass is 10.2. The van der Waals surface area contributed by atoms with Crippen molar-refractivity contribution in [1.82, 2.24) is 15.2 Å². The van der Waals surface area contributed by atoms with Crippen LogP contribution < -0.4 is 10.3 Å². The molecule has 0 aliphatic carbocycles. The Labute approximate surface area is 174 Å². The second-order valence-electron chi connectivity index (χ2n) is 6.94. The molecule has 3 aromatic rings. The van der Waals surface area contributed by atoms with Gasteiger partial charge in [-0.2, -0.15) is 10.2 Å². The van der Waals surface area contributed by atoms with Crippen LogP contribution >= 0.6 is 11.6 Å². The van der Waals surface area contributed by atoms with Gasteiger partial charge in [-0.25, -0.2) is 10.1 Å². The van der Waals surface area contributed by atoms with Gasteiger partial charge in [-0.05, 0) is 44.0 Å². The van der Waals surface area contributed by atoms with Crippen LogP contribution in [0.15, 0.2) is 59.7 Å². The molecule has 1 aromatic heterocycles. The van der Waals surface area contributed by atoms with E-state index in [1.54, 1.807) is 30.5 Å². The smallest absolute Gasteiger partial charge is 0.272 e. The Morgan fingerprint density at radius 2 is 1.79 bits per heavy atom. The van der Waals surface area contributed by atoms with E-state index in [1.807, 2.05) is 41.9 Å². The molecule has 148 valence electrons. The van der Waals surface area contributed by atoms with E-state index in [2.05, 4.69) is 15.4 Å². The number of aryl methyl sites for hydroxylation is 1. The van der Waals surface area contributed by atoms with E-state index in [1.165, 1.54) is 0 Å². The van der Waals surface area contributed by atoms with Crippen LogP contribution in [-0.4, -0.2) is 35.0 Å². The summed E-state index contributed by atoms with van der Waals surface area (Å²) in [5.41, 5.74) is 5.71. The highest BCUT2D eigenvalue weighted by Gasteiger charge is 2.23. The average Bonchev–Trinajstić information content (AvgIpc) is 3.37. The van der Waals surface area contributed by atoms with Gasteiger partial charge in [0.15, 0.2) is 0 Å². The summed E-state index contributed by atoms with van der Waals surface area (Å²) in [6.07, 6.45) is 3.97. The van der Waals surface area contributed by atoms with Gasteiger partial charge >= 0.3 is 0 Å². The fraction of sp³-hybridized carbons (Fsp3) is 0.227. The topological polar surface area (TPSA) is 62.5 Å². The van der Waals surface area contributed by atoms with Gasteiger partial charge in [0.2, 0.25) is 0 Å². The Balaban J connectivity index is 1.64. The van der Waals surface area contributed by atoms with E-state index in [0.717, 1.165) is 48.7 Å². The number of nitrogens with one attached hydrogen (secondary N) is 1. The van der Waals surface area contributed by atoms with Gasteiger partial charge in [0.05, 0.1) is 33.7 Å². The number of hydrogen-bond acceptors (Lipinski definition) is 4. The van der Waals surface area contributed by atoms with Crippen LogP contribution in [0.25, 0.3) is 5.69 Å². The summed E-state index contributed by atoms with van der Waals surface area (Å²) in [6, 6.07) is 17.0. The Kier molecular flexibility index (Phi) is 5.62. The lowest BCUT2D eigenvalue weighted by Gasteiger charge is -2.20. The van der Waals surface area contributed by atoms with Gasteiger partial charge in [-0.3, -0.25) is 4.79 Å². The SMILES string of the molecule is Cc1nn(-c2ccccc2)c(N2CCCC2)c1/C=N/NC(=O)c1ccccc1Cl. The summed E-state index contributed by atoms with van der Waals surface area (Å²) in [5.74, 6) is 0.657. The number of para-hydroxylation sites is 1. The first kappa shape index (κ1) is 19.2. The van der Waals surface area contributed by atoms with Gasteiger partial charge in [0.25, 0.3) is 5.91 Å². The Hall–Kier alpha value is -3.12. The van der Waals surface area contributed by atoms with Crippen molar-refractivity contribution >= 4 is 29.5 Å². The lowest BCUT2D eigenvalue weighted by Crippen LogP contribution is -2.23. The number of carbonyl (C=O) groups is 1. The molecule has 1 saturated heterocycles. The molecule has 4 rings (SSSR count). The summed E-state index contributed by atoms with van der Waals surface area (Å²) >= 11 is 6.09. The molecule has 1 aliphatic rings. The minimum absolute atomic E-state index is 0.345. The van der Waals surface area contributed by atoms with Crippen molar-refractivity contribution in [3.05, 3.63) is 76.4 Å². The second kappa shape index (κ2) is 8.49. The maximum Gasteiger partial charge on any atom is 0.272 e. The molecule has 2 heterocycles. The molecule has 6 nitrogen and oxygen atoms in total. The molecule has 0 spiro atoms. The van der Waals surface area contributed by atoms with E-state index in [9.17, 15) is 4.79 Å². The zero-order valence-corrected chi connectivity index (χ0v) is 16.9.